The van der Waals surface area contributed by atoms with E-state index in [1.165, 1.54) is 5.56 Å². The van der Waals surface area contributed by atoms with Crippen molar-refractivity contribution in [2.24, 2.45) is 11.7 Å². The van der Waals surface area contributed by atoms with Gasteiger partial charge in [-0.1, -0.05) is 30.7 Å². The number of hydrogen-bond acceptors (Lipinski definition) is 2. The van der Waals surface area contributed by atoms with Gasteiger partial charge >= 0.3 is 5.97 Å². The molecule has 0 bridgehead atoms. The Bertz CT molecular complexity index is 432. The Morgan fingerprint density at radius 2 is 2.16 bits per heavy atom. The van der Waals surface area contributed by atoms with Gasteiger partial charge in [0.2, 0.25) is 0 Å². The summed E-state index contributed by atoms with van der Waals surface area (Å²) < 4.78 is 0. The summed E-state index contributed by atoms with van der Waals surface area (Å²) in [7, 11) is 0. The van der Waals surface area contributed by atoms with Crippen LogP contribution in [-0.2, 0) is 11.2 Å². The monoisotopic (exact) mass is 283 g/mol. The summed E-state index contributed by atoms with van der Waals surface area (Å²) in [5.74, 6) is -0.490. The molecule has 1 aromatic carbocycles. The Labute approximate surface area is 119 Å². The van der Waals surface area contributed by atoms with Gasteiger partial charge in [0.15, 0.2) is 0 Å². The van der Waals surface area contributed by atoms with Crippen molar-refractivity contribution in [2.75, 3.05) is 0 Å². The van der Waals surface area contributed by atoms with E-state index in [4.69, 9.17) is 22.4 Å². The smallest absolute Gasteiger partial charge is 0.323 e. The van der Waals surface area contributed by atoms with Crippen molar-refractivity contribution in [1.82, 2.24) is 0 Å². The third kappa shape index (κ3) is 5.62. The van der Waals surface area contributed by atoms with E-state index in [-0.39, 0.29) is 0 Å². The van der Waals surface area contributed by atoms with Crippen LogP contribution in [0.3, 0.4) is 0 Å². The van der Waals surface area contributed by atoms with E-state index in [0.29, 0.717) is 12.3 Å². The van der Waals surface area contributed by atoms with Crippen LogP contribution in [-0.4, -0.2) is 16.6 Å². The van der Waals surface area contributed by atoms with Crippen molar-refractivity contribution in [3.05, 3.63) is 34.9 Å². The molecule has 0 aliphatic carbocycles. The number of carbonyl (C=O) groups is 1. The van der Waals surface area contributed by atoms with Crippen LogP contribution >= 0.6 is 11.6 Å². The molecule has 0 aromatic heterocycles. The average Bonchev–Trinajstić information content (AvgIpc) is 2.34. The second-order valence-electron chi connectivity index (χ2n) is 5.54. The molecule has 0 aliphatic rings. The molecule has 19 heavy (non-hydrogen) atoms. The predicted octanol–water partition coefficient (Wildman–Crippen LogP) is 3.49. The normalized spacial score (nSPS) is 15.8. The fourth-order valence-corrected chi connectivity index (χ4v) is 2.12. The second kappa shape index (κ2) is 6.92. The number of carboxylic acid groups (broad SMARTS) is 1. The van der Waals surface area contributed by atoms with Gasteiger partial charge in [-0.25, -0.2) is 0 Å². The van der Waals surface area contributed by atoms with Gasteiger partial charge in [0, 0.05) is 5.02 Å². The first-order chi connectivity index (χ1) is 8.81. The maximum atomic E-state index is 10.9. The molecule has 0 fully saturated rings. The first-order valence-electron chi connectivity index (χ1n) is 6.58. The van der Waals surface area contributed by atoms with Gasteiger partial charge in [0.05, 0.1) is 0 Å². The van der Waals surface area contributed by atoms with Gasteiger partial charge in [0.1, 0.15) is 5.54 Å². The van der Waals surface area contributed by atoms with Crippen LogP contribution in [0.25, 0.3) is 0 Å². The van der Waals surface area contributed by atoms with Crippen LogP contribution in [0.5, 0.6) is 0 Å². The van der Waals surface area contributed by atoms with Gasteiger partial charge in [-0.2, -0.15) is 0 Å². The highest BCUT2D eigenvalue weighted by Crippen LogP contribution is 2.20. The first kappa shape index (κ1) is 16.0. The van der Waals surface area contributed by atoms with Crippen molar-refractivity contribution in [1.29, 1.82) is 0 Å². The zero-order chi connectivity index (χ0) is 14.5. The standard InChI is InChI=1S/C15H22ClNO2/c1-11(8-9-15(2,17)14(18)19)6-7-12-4-3-5-13(16)10-12/h3-5,10-11H,6-9,17H2,1-2H3,(H,18,19). The summed E-state index contributed by atoms with van der Waals surface area (Å²) in [4.78, 5) is 10.9. The molecule has 0 saturated heterocycles. The van der Waals surface area contributed by atoms with Crippen LogP contribution in [0, 0.1) is 5.92 Å². The molecule has 0 amide bonds. The Morgan fingerprint density at radius 3 is 2.74 bits per heavy atom. The highest BCUT2D eigenvalue weighted by Gasteiger charge is 2.27. The first-order valence-corrected chi connectivity index (χ1v) is 6.96. The van der Waals surface area contributed by atoms with E-state index in [1.807, 2.05) is 18.2 Å². The Morgan fingerprint density at radius 1 is 1.47 bits per heavy atom. The zero-order valence-electron chi connectivity index (χ0n) is 11.5. The predicted molar refractivity (Wildman–Crippen MR) is 78.4 cm³/mol. The van der Waals surface area contributed by atoms with Gasteiger partial charge in [-0.15, -0.1) is 0 Å². The van der Waals surface area contributed by atoms with Crippen molar-refractivity contribution < 1.29 is 9.90 Å². The number of aryl methyl sites for hydroxylation is 1. The van der Waals surface area contributed by atoms with E-state index >= 15 is 0 Å². The summed E-state index contributed by atoms with van der Waals surface area (Å²) in [6.07, 6.45) is 3.28. The van der Waals surface area contributed by atoms with Gasteiger partial charge in [0.25, 0.3) is 0 Å². The summed E-state index contributed by atoms with van der Waals surface area (Å²) in [6, 6.07) is 7.84. The number of aliphatic carboxylic acids is 1. The largest absolute Gasteiger partial charge is 0.480 e. The molecule has 2 unspecified atom stereocenters. The highest BCUT2D eigenvalue weighted by molar-refractivity contribution is 6.30. The number of nitrogens with two attached hydrogens (primary N) is 1. The SMILES string of the molecule is CC(CCc1cccc(Cl)c1)CCC(C)(N)C(=O)O. The molecule has 4 heteroatoms. The number of benzene rings is 1. The van der Waals surface area contributed by atoms with E-state index in [2.05, 4.69) is 13.0 Å². The quantitative estimate of drug-likeness (QED) is 0.805. The molecular weight excluding hydrogens is 262 g/mol. The Hall–Kier alpha value is -1.06. The lowest BCUT2D eigenvalue weighted by atomic mass is 9.89. The lowest BCUT2D eigenvalue weighted by molar-refractivity contribution is -0.143. The van der Waals surface area contributed by atoms with Crippen LogP contribution in [0.4, 0.5) is 0 Å². The van der Waals surface area contributed by atoms with Gasteiger partial charge < -0.3 is 10.8 Å². The van der Waals surface area contributed by atoms with Crippen LogP contribution in [0.1, 0.15) is 38.7 Å². The summed E-state index contributed by atoms with van der Waals surface area (Å²) in [6.45, 7) is 3.70. The molecule has 0 radical (unpaired) electrons. The van der Waals surface area contributed by atoms with Crippen LogP contribution in [0.15, 0.2) is 24.3 Å². The van der Waals surface area contributed by atoms with Crippen LogP contribution < -0.4 is 5.73 Å². The third-order valence-corrected chi connectivity index (χ3v) is 3.69. The van der Waals surface area contributed by atoms with E-state index < -0.39 is 11.5 Å². The fourth-order valence-electron chi connectivity index (χ4n) is 1.90. The molecule has 0 saturated carbocycles. The maximum absolute atomic E-state index is 10.9. The second-order valence-corrected chi connectivity index (χ2v) is 5.97. The van der Waals surface area contributed by atoms with E-state index in [9.17, 15) is 4.79 Å². The molecule has 1 rings (SSSR count). The lowest BCUT2D eigenvalue weighted by Crippen LogP contribution is -2.44. The minimum atomic E-state index is -1.12. The third-order valence-electron chi connectivity index (χ3n) is 3.46. The van der Waals surface area contributed by atoms with Gasteiger partial charge in [-0.3, -0.25) is 4.79 Å². The van der Waals surface area contributed by atoms with Gasteiger partial charge in [-0.05, 0) is 56.2 Å². The molecule has 0 spiro atoms. The molecule has 106 valence electrons. The Balaban J connectivity index is 2.36. The van der Waals surface area contributed by atoms with Crippen molar-refractivity contribution in [3.63, 3.8) is 0 Å². The fraction of sp³-hybridized carbons (Fsp3) is 0.533. The highest BCUT2D eigenvalue weighted by atomic mass is 35.5. The van der Waals surface area contributed by atoms with Crippen LogP contribution in [0.2, 0.25) is 5.02 Å². The van der Waals surface area contributed by atoms with E-state index in [1.54, 1.807) is 6.92 Å². The maximum Gasteiger partial charge on any atom is 0.323 e. The molecule has 3 N–H and O–H groups in total. The lowest BCUT2D eigenvalue weighted by Gasteiger charge is -2.21. The number of carboxylic acids is 1. The zero-order valence-corrected chi connectivity index (χ0v) is 12.3. The number of rotatable bonds is 7. The van der Waals surface area contributed by atoms with Crippen molar-refractivity contribution in [2.45, 2.75) is 45.1 Å². The minimum absolute atomic E-state index is 0.446. The van der Waals surface area contributed by atoms with Crippen molar-refractivity contribution in [3.8, 4) is 0 Å². The van der Waals surface area contributed by atoms with E-state index in [0.717, 1.165) is 24.3 Å². The Kier molecular flexibility index (Phi) is 5.83. The topological polar surface area (TPSA) is 63.3 Å². The average molecular weight is 284 g/mol. The molecular formula is C15H22ClNO2. The minimum Gasteiger partial charge on any atom is -0.480 e. The van der Waals surface area contributed by atoms with Crippen molar-refractivity contribution >= 4 is 17.6 Å². The molecule has 0 aliphatic heterocycles. The number of hydrogen-bond donors (Lipinski definition) is 2. The molecule has 1 aromatic rings. The molecule has 3 nitrogen and oxygen atoms in total. The number of halogens is 1. The summed E-state index contributed by atoms with van der Waals surface area (Å²) >= 11 is 5.93. The summed E-state index contributed by atoms with van der Waals surface area (Å²) in [5, 5.41) is 9.71. The molecule has 2 atom stereocenters. The summed E-state index contributed by atoms with van der Waals surface area (Å²) in [5.41, 5.74) is 5.81. The molecule has 0 heterocycles.